The Labute approximate surface area is 193 Å². The van der Waals surface area contributed by atoms with Gasteiger partial charge in [-0.05, 0) is 67.9 Å². The average molecular weight is 481 g/mol. The Kier molecular flexibility index (Phi) is 5.90. The zero-order valence-corrected chi connectivity index (χ0v) is 18.9. The number of carbonyl (C=O) groups excluding carboxylic acids is 1. The van der Waals surface area contributed by atoms with Gasteiger partial charge in [0, 0.05) is 18.0 Å². The van der Waals surface area contributed by atoms with Crippen LogP contribution in [0.5, 0.6) is 0 Å². The maximum absolute atomic E-state index is 14.1. The third kappa shape index (κ3) is 4.25. The smallest absolute Gasteiger partial charge is 0.364 e. The molecule has 170 valence electrons. The Morgan fingerprint density at radius 1 is 1.25 bits per heavy atom. The summed E-state index contributed by atoms with van der Waals surface area (Å²) >= 11 is 6.72. The van der Waals surface area contributed by atoms with Crippen molar-refractivity contribution in [2.75, 3.05) is 19.7 Å². The van der Waals surface area contributed by atoms with Gasteiger partial charge in [-0.3, -0.25) is 4.90 Å². The van der Waals surface area contributed by atoms with E-state index in [0.29, 0.717) is 23.2 Å². The molecule has 0 aliphatic carbocycles. The second-order valence-electron chi connectivity index (χ2n) is 8.40. The molecule has 10 heteroatoms. The van der Waals surface area contributed by atoms with Crippen LogP contribution in [0, 0.1) is 5.92 Å². The van der Waals surface area contributed by atoms with E-state index < -0.39 is 17.0 Å². The zero-order chi connectivity index (χ0) is 22.3. The molecule has 0 bridgehead atoms. The zero-order valence-electron chi connectivity index (χ0n) is 17.3. The molecule has 2 fully saturated rings. The van der Waals surface area contributed by atoms with E-state index in [-0.39, 0.29) is 17.3 Å². The highest BCUT2D eigenvalue weighted by atomic mass is 35.5. The van der Waals surface area contributed by atoms with E-state index in [2.05, 4.69) is 15.0 Å². The molecule has 2 atom stereocenters. The Morgan fingerprint density at radius 2 is 2.09 bits per heavy atom. The third-order valence-corrected chi connectivity index (χ3v) is 7.44. The fourth-order valence-electron chi connectivity index (χ4n) is 4.85. The van der Waals surface area contributed by atoms with Crippen molar-refractivity contribution in [2.45, 2.75) is 43.5 Å². The van der Waals surface area contributed by atoms with Crippen molar-refractivity contribution >= 4 is 34.6 Å². The van der Waals surface area contributed by atoms with Gasteiger partial charge in [0.2, 0.25) is 0 Å². The molecular weight excluding hydrogens is 458 g/mol. The summed E-state index contributed by atoms with van der Waals surface area (Å²) in [5, 5.41) is 2.21. The molecule has 0 aromatic carbocycles. The summed E-state index contributed by atoms with van der Waals surface area (Å²) in [4.78, 5) is 20.4. The maximum atomic E-state index is 14.1. The molecule has 3 aromatic rings. The van der Waals surface area contributed by atoms with Crippen molar-refractivity contribution in [2.24, 2.45) is 5.92 Å². The number of fused-ring (bicyclic) bond motifs is 2. The molecule has 0 amide bonds. The second kappa shape index (κ2) is 8.68. The van der Waals surface area contributed by atoms with Crippen molar-refractivity contribution in [3.05, 3.63) is 41.0 Å². The van der Waals surface area contributed by atoms with Gasteiger partial charge in [0.05, 0.1) is 17.2 Å². The number of esters is 1. The number of piperidine rings is 2. The number of carbonyl (C=O) groups is 1. The number of ether oxygens (including phenoxy) is 1. The molecule has 0 N–H and O–H groups in total. The first-order chi connectivity index (χ1) is 15.4. The van der Waals surface area contributed by atoms with Crippen LogP contribution in [0.1, 0.15) is 48.3 Å². The van der Waals surface area contributed by atoms with Crippen molar-refractivity contribution < 1.29 is 18.3 Å². The first-order valence-corrected chi connectivity index (χ1v) is 12.1. The van der Waals surface area contributed by atoms with Crippen molar-refractivity contribution in [1.29, 1.82) is 0 Å². The van der Waals surface area contributed by atoms with Crippen LogP contribution in [0.25, 0.3) is 16.2 Å². The van der Waals surface area contributed by atoms with Crippen LogP contribution in [0.3, 0.4) is 0 Å². The van der Waals surface area contributed by atoms with E-state index in [1.807, 2.05) is 11.4 Å². The van der Waals surface area contributed by atoms with Gasteiger partial charge in [-0.15, -0.1) is 11.3 Å². The molecular formula is C22H23ClF2N4O2S. The highest BCUT2D eigenvalue weighted by molar-refractivity contribution is 7.13. The molecule has 0 radical (unpaired) electrons. The van der Waals surface area contributed by atoms with Crippen molar-refractivity contribution in [3.8, 4) is 10.6 Å². The number of aromatic nitrogens is 3. The van der Waals surface area contributed by atoms with Gasteiger partial charge in [-0.25, -0.2) is 14.3 Å². The number of hydrogen-bond donors (Lipinski definition) is 0. The van der Waals surface area contributed by atoms with E-state index in [4.69, 9.17) is 16.3 Å². The van der Waals surface area contributed by atoms with E-state index in [1.54, 1.807) is 6.07 Å². The minimum atomic E-state index is -3.67. The van der Waals surface area contributed by atoms with E-state index in [0.717, 1.165) is 36.9 Å². The monoisotopic (exact) mass is 480 g/mol. The van der Waals surface area contributed by atoms with Gasteiger partial charge in [0.25, 0.3) is 0 Å². The fraction of sp³-hybridized carbons (Fsp3) is 0.500. The predicted octanol–water partition coefficient (Wildman–Crippen LogP) is 5.17. The lowest BCUT2D eigenvalue weighted by Crippen LogP contribution is -2.49. The number of thiophene rings is 1. The Balaban J connectivity index is 1.38. The first kappa shape index (κ1) is 21.7. The van der Waals surface area contributed by atoms with E-state index in [1.165, 1.54) is 36.3 Å². The first-order valence-electron chi connectivity index (χ1n) is 10.8. The lowest BCUT2D eigenvalue weighted by atomic mass is 9.84. The largest absolute Gasteiger partial charge is 0.461 e. The molecule has 5 heterocycles. The number of rotatable bonds is 5. The summed E-state index contributed by atoms with van der Waals surface area (Å²) in [5.41, 5.74) is -0.132. The summed E-state index contributed by atoms with van der Waals surface area (Å²) in [6.45, 7) is 2.52. The second-order valence-corrected chi connectivity index (χ2v) is 9.82. The Hall–Kier alpha value is -2.10. The number of alkyl halides is 3. The summed E-state index contributed by atoms with van der Waals surface area (Å²) in [5.74, 6) is -0.346. The number of nitrogens with zero attached hydrogens (tertiary/aromatic N) is 4. The Morgan fingerprint density at radius 3 is 2.88 bits per heavy atom. The summed E-state index contributed by atoms with van der Waals surface area (Å²) in [7, 11) is 0. The van der Waals surface area contributed by atoms with Gasteiger partial charge in [-0.1, -0.05) is 12.5 Å². The molecule has 2 aliphatic rings. The molecule has 0 saturated carbocycles. The van der Waals surface area contributed by atoms with Crippen LogP contribution in [0.15, 0.2) is 29.6 Å². The Bertz CT molecular complexity index is 1110. The lowest BCUT2D eigenvalue weighted by molar-refractivity contribution is 0.00696. The third-order valence-electron chi connectivity index (χ3n) is 6.36. The number of halogens is 3. The normalized spacial score (nSPS) is 22.1. The van der Waals surface area contributed by atoms with Gasteiger partial charge >= 0.3 is 11.4 Å². The molecule has 5 rings (SSSR count). The minimum absolute atomic E-state index is 0.0562. The highest BCUT2D eigenvalue weighted by Gasteiger charge is 2.35. The molecule has 6 nitrogen and oxygen atoms in total. The van der Waals surface area contributed by atoms with Gasteiger partial charge in [0.15, 0.2) is 11.3 Å². The van der Waals surface area contributed by atoms with Crippen LogP contribution in [-0.2, 0) is 10.1 Å². The fourth-order valence-corrected chi connectivity index (χ4v) is 5.68. The standard InChI is InChI=1S/C22H23ClF2N4O2S/c23-22(24,25)19-11-15(18-7-4-10-32-18)26-20-12-16(27-29(19)20)21(30)31-13-14-5-3-9-28-8-2-1-6-17(14)28/h4,7,10-12,14,17H,1-3,5-6,8-9,13H2/t14-,17-/m1/s1. The van der Waals surface area contributed by atoms with Crippen molar-refractivity contribution in [3.63, 3.8) is 0 Å². The minimum Gasteiger partial charge on any atom is -0.461 e. The molecule has 0 spiro atoms. The van der Waals surface area contributed by atoms with Crippen LogP contribution >= 0.6 is 22.9 Å². The summed E-state index contributed by atoms with van der Waals surface area (Å²) < 4.78 is 34.8. The van der Waals surface area contributed by atoms with Crippen LogP contribution in [0.2, 0.25) is 0 Å². The lowest BCUT2D eigenvalue weighted by Gasteiger charge is -2.44. The number of hydrogen-bond acceptors (Lipinski definition) is 6. The predicted molar refractivity (Wildman–Crippen MR) is 118 cm³/mol. The molecule has 3 aromatic heterocycles. The van der Waals surface area contributed by atoms with Gasteiger partial charge in [-0.2, -0.15) is 13.9 Å². The van der Waals surface area contributed by atoms with Crippen LogP contribution < -0.4 is 0 Å². The van der Waals surface area contributed by atoms with E-state index >= 15 is 0 Å². The quantitative estimate of drug-likeness (QED) is 0.372. The molecule has 2 saturated heterocycles. The SMILES string of the molecule is O=C(OC[C@H]1CCCN2CCCC[C@H]12)c1cc2nc(-c3cccs3)cc(C(F)(F)Cl)n2n1. The van der Waals surface area contributed by atoms with E-state index in [9.17, 15) is 13.6 Å². The highest BCUT2D eigenvalue weighted by Crippen LogP contribution is 2.36. The molecule has 0 unspecified atom stereocenters. The van der Waals surface area contributed by atoms with Gasteiger partial charge < -0.3 is 4.74 Å². The van der Waals surface area contributed by atoms with Crippen LogP contribution in [-0.4, -0.2) is 51.2 Å². The maximum Gasteiger partial charge on any atom is 0.364 e. The van der Waals surface area contributed by atoms with Crippen LogP contribution in [0.4, 0.5) is 8.78 Å². The average Bonchev–Trinajstić information content (AvgIpc) is 3.46. The molecule has 2 aliphatic heterocycles. The van der Waals surface area contributed by atoms with Gasteiger partial charge in [0.1, 0.15) is 5.69 Å². The summed E-state index contributed by atoms with van der Waals surface area (Å²) in [6.07, 6.45) is 5.66. The van der Waals surface area contributed by atoms with Crippen molar-refractivity contribution in [1.82, 2.24) is 19.5 Å². The molecule has 32 heavy (non-hydrogen) atoms. The summed E-state index contributed by atoms with van der Waals surface area (Å²) in [6, 6.07) is 6.61. The topological polar surface area (TPSA) is 59.7 Å².